The lowest BCUT2D eigenvalue weighted by molar-refractivity contribution is -0.0588. The number of rotatable bonds is 6. The zero-order valence-corrected chi connectivity index (χ0v) is 12.7. The highest BCUT2D eigenvalue weighted by molar-refractivity contribution is 14.1. The van der Waals surface area contributed by atoms with Gasteiger partial charge in [0.1, 0.15) is 0 Å². The summed E-state index contributed by atoms with van der Waals surface area (Å²) in [6, 6.07) is 0. The summed E-state index contributed by atoms with van der Waals surface area (Å²) >= 11 is 2.52. The van der Waals surface area contributed by atoms with Crippen LogP contribution in [-0.4, -0.2) is 16.6 Å². The maximum atomic E-state index is 6.24. The van der Waals surface area contributed by atoms with E-state index in [4.69, 9.17) is 4.74 Å². The molecule has 2 aliphatic rings. The standard InChI is InChI=1S/C14H25IO/c1-12-6-8-14(11-15,9-7-12)16-10-2-3-13-4-5-13/h12-13H,2-11H2,1H3. The molecule has 0 bridgehead atoms. The molecule has 0 aromatic carbocycles. The van der Waals surface area contributed by atoms with Crippen LogP contribution in [0.3, 0.4) is 0 Å². The second-order valence-electron chi connectivity index (χ2n) is 5.93. The number of ether oxygens (including phenoxy) is 1. The van der Waals surface area contributed by atoms with E-state index in [2.05, 4.69) is 29.5 Å². The molecule has 0 aromatic rings. The maximum absolute atomic E-state index is 6.24. The number of hydrogen-bond acceptors (Lipinski definition) is 1. The Kier molecular flexibility index (Phi) is 4.95. The monoisotopic (exact) mass is 336 g/mol. The average molecular weight is 336 g/mol. The molecule has 2 saturated carbocycles. The van der Waals surface area contributed by atoms with Crippen molar-refractivity contribution < 1.29 is 4.74 Å². The number of halogens is 1. The molecule has 0 atom stereocenters. The van der Waals surface area contributed by atoms with Crippen LogP contribution in [0.1, 0.15) is 58.3 Å². The Morgan fingerprint density at radius 1 is 1.19 bits per heavy atom. The van der Waals surface area contributed by atoms with Crippen molar-refractivity contribution in [3.05, 3.63) is 0 Å². The normalized spacial score (nSPS) is 35.2. The highest BCUT2D eigenvalue weighted by Crippen LogP contribution is 2.37. The van der Waals surface area contributed by atoms with Crippen LogP contribution in [0.15, 0.2) is 0 Å². The lowest BCUT2D eigenvalue weighted by Gasteiger charge is -2.38. The van der Waals surface area contributed by atoms with E-state index in [1.165, 1.54) is 55.8 Å². The van der Waals surface area contributed by atoms with Gasteiger partial charge >= 0.3 is 0 Å². The zero-order valence-electron chi connectivity index (χ0n) is 10.5. The fourth-order valence-corrected chi connectivity index (χ4v) is 3.65. The summed E-state index contributed by atoms with van der Waals surface area (Å²) in [7, 11) is 0. The largest absolute Gasteiger partial charge is 0.374 e. The minimum atomic E-state index is 0.247. The van der Waals surface area contributed by atoms with Gasteiger partial charge in [0.2, 0.25) is 0 Å². The van der Waals surface area contributed by atoms with Crippen LogP contribution in [0.2, 0.25) is 0 Å². The van der Waals surface area contributed by atoms with E-state index in [9.17, 15) is 0 Å². The molecule has 0 amide bonds. The van der Waals surface area contributed by atoms with Crippen molar-refractivity contribution in [1.82, 2.24) is 0 Å². The Hall–Kier alpha value is 0.690. The predicted molar refractivity (Wildman–Crippen MR) is 77.2 cm³/mol. The van der Waals surface area contributed by atoms with Crippen molar-refractivity contribution in [2.24, 2.45) is 11.8 Å². The van der Waals surface area contributed by atoms with E-state index in [0.717, 1.165) is 18.4 Å². The molecule has 0 unspecified atom stereocenters. The molecule has 2 aliphatic carbocycles. The summed E-state index contributed by atoms with van der Waals surface area (Å²) in [4.78, 5) is 0. The molecule has 0 aliphatic heterocycles. The summed E-state index contributed by atoms with van der Waals surface area (Å²) in [6.45, 7) is 3.39. The quantitative estimate of drug-likeness (QED) is 0.392. The van der Waals surface area contributed by atoms with Crippen molar-refractivity contribution in [3.63, 3.8) is 0 Å². The maximum Gasteiger partial charge on any atom is 0.0771 e. The Labute approximate surface area is 114 Å². The van der Waals surface area contributed by atoms with Gasteiger partial charge in [0.25, 0.3) is 0 Å². The fourth-order valence-electron chi connectivity index (χ4n) is 2.67. The molecule has 0 spiro atoms. The predicted octanol–water partition coefficient (Wildman–Crippen LogP) is 4.58. The molecular formula is C14H25IO. The van der Waals surface area contributed by atoms with Gasteiger partial charge in [0.15, 0.2) is 0 Å². The van der Waals surface area contributed by atoms with Gasteiger partial charge < -0.3 is 4.74 Å². The highest BCUT2D eigenvalue weighted by Gasteiger charge is 2.34. The van der Waals surface area contributed by atoms with E-state index < -0.39 is 0 Å². The molecule has 94 valence electrons. The Morgan fingerprint density at radius 2 is 1.88 bits per heavy atom. The molecule has 0 N–H and O–H groups in total. The van der Waals surface area contributed by atoms with Crippen molar-refractivity contribution in [1.29, 1.82) is 0 Å². The third kappa shape index (κ3) is 3.86. The lowest BCUT2D eigenvalue weighted by Crippen LogP contribution is -2.38. The highest BCUT2D eigenvalue weighted by atomic mass is 127. The van der Waals surface area contributed by atoms with Crippen LogP contribution in [0.5, 0.6) is 0 Å². The summed E-state index contributed by atoms with van der Waals surface area (Å²) in [5, 5.41) is 0. The van der Waals surface area contributed by atoms with Gasteiger partial charge in [-0.25, -0.2) is 0 Å². The molecule has 16 heavy (non-hydrogen) atoms. The van der Waals surface area contributed by atoms with Crippen LogP contribution in [0, 0.1) is 11.8 Å². The number of alkyl halides is 1. The fraction of sp³-hybridized carbons (Fsp3) is 1.00. The third-order valence-electron chi connectivity index (χ3n) is 4.29. The number of hydrogen-bond donors (Lipinski definition) is 0. The first-order valence-electron chi connectivity index (χ1n) is 6.94. The van der Waals surface area contributed by atoms with E-state index in [-0.39, 0.29) is 5.60 Å². The molecule has 0 aromatic heterocycles. The summed E-state index contributed by atoms with van der Waals surface area (Å²) in [5.41, 5.74) is 0.247. The second-order valence-corrected chi connectivity index (χ2v) is 6.70. The topological polar surface area (TPSA) is 9.23 Å². The molecule has 2 heteroatoms. The summed E-state index contributed by atoms with van der Waals surface area (Å²) in [5.74, 6) is 1.98. The minimum absolute atomic E-state index is 0.247. The third-order valence-corrected chi connectivity index (χ3v) is 5.68. The van der Waals surface area contributed by atoms with Crippen molar-refractivity contribution in [3.8, 4) is 0 Å². The Morgan fingerprint density at radius 3 is 2.44 bits per heavy atom. The van der Waals surface area contributed by atoms with Gasteiger partial charge in [0.05, 0.1) is 5.60 Å². The van der Waals surface area contributed by atoms with Crippen molar-refractivity contribution >= 4 is 22.6 Å². The van der Waals surface area contributed by atoms with Gasteiger partial charge in [-0.2, -0.15) is 0 Å². The van der Waals surface area contributed by atoms with Gasteiger partial charge in [-0.05, 0) is 50.4 Å². The van der Waals surface area contributed by atoms with Crippen LogP contribution in [0.25, 0.3) is 0 Å². The molecular weight excluding hydrogens is 311 g/mol. The lowest BCUT2D eigenvalue weighted by atomic mass is 9.80. The van der Waals surface area contributed by atoms with E-state index in [1.54, 1.807) is 0 Å². The van der Waals surface area contributed by atoms with E-state index >= 15 is 0 Å². The molecule has 2 fully saturated rings. The average Bonchev–Trinajstić information content (AvgIpc) is 3.12. The van der Waals surface area contributed by atoms with Crippen molar-refractivity contribution in [2.45, 2.75) is 63.9 Å². The van der Waals surface area contributed by atoms with Crippen LogP contribution in [-0.2, 0) is 4.74 Å². The summed E-state index contributed by atoms with van der Waals surface area (Å²) in [6.07, 6.45) is 11.0. The molecule has 0 radical (unpaired) electrons. The van der Waals surface area contributed by atoms with Gasteiger partial charge in [-0.1, -0.05) is 42.4 Å². The first-order valence-corrected chi connectivity index (χ1v) is 8.46. The van der Waals surface area contributed by atoms with Crippen LogP contribution in [0.4, 0.5) is 0 Å². The summed E-state index contributed by atoms with van der Waals surface area (Å²) < 4.78 is 7.42. The molecule has 2 rings (SSSR count). The first-order chi connectivity index (χ1) is 7.74. The van der Waals surface area contributed by atoms with Crippen LogP contribution >= 0.6 is 22.6 Å². The zero-order chi connectivity index (χ0) is 11.4. The first kappa shape index (κ1) is 13.1. The SMILES string of the molecule is CC1CCC(CI)(OCCCC2CC2)CC1. The second kappa shape index (κ2) is 6.03. The van der Waals surface area contributed by atoms with Crippen LogP contribution < -0.4 is 0 Å². The Bertz CT molecular complexity index is 205. The van der Waals surface area contributed by atoms with Crippen molar-refractivity contribution in [2.75, 3.05) is 11.0 Å². The smallest absolute Gasteiger partial charge is 0.0771 e. The van der Waals surface area contributed by atoms with Gasteiger partial charge in [0, 0.05) is 11.0 Å². The van der Waals surface area contributed by atoms with E-state index in [0.29, 0.717) is 0 Å². The molecule has 1 nitrogen and oxygen atoms in total. The molecule has 0 heterocycles. The minimum Gasteiger partial charge on any atom is -0.374 e. The Balaban J connectivity index is 1.66. The van der Waals surface area contributed by atoms with E-state index in [1.807, 2.05) is 0 Å². The van der Waals surface area contributed by atoms with Gasteiger partial charge in [-0.3, -0.25) is 0 Å². The van der Waals surface area contributed by atoms with Gasteiger partial charge in [-0.15, -0.1) is 0 Å². The molecule has 0 saturated heterocycles.